The second-order valence-corrected chi connectivity index (χ2v) is 4.90. The van der Waals surface area contributed by atoms with E-state index in [1.165, 1.54) is 12.8 Å². The van der Waals surface area contributed by atoms with Gasteiger partial charge < -0.3 is 14.6 Å². The molecule has 1 aromatic rings. The molecule has 0 spiro atoms. The van der Waals surface area contributed by atoms with Gasteiger partial charge in [0.25, 0.3) is 0 Å². The number of rotatable bonds is 4. The highest BCUT2D eigenvalue weighted by molar-refractivity contribution is 4.94. The van der Waals surface area contributed by atoms with Gasteiger partial charge in [-0.3, -0.25) is 0 Å². The standard InChI is InChI=1S/C12H22N4O/c1-9(12-15-13-8-16(12)2)14-10-4-6-11(17-3)7-5-10/h8-11,14H,4-7H2,1-3H3. The average Bonchev–Trinajstić information content (AvgIpc) is 2.76. The van der Waals surface area contributed by atoms with Gasteiger partial charge in [0.05, 0.1) is 12.1 Å². The molecule has 1 aliphatic rings. The highest BCUT2D eigenvalue weighted by Gasteiger charge is 2.23. The van der Waals surface area contributed by atoms with E-state index in [0.29, 0.717) is 12.1 Å². The zero-order valence-corrected chi connectivity index (χ0v) is 10.9. The van der Waals surface area contributed by atoms with Crippen LogP contribution in [0.1, 0.15) is 44.5 Å². The van der Waals surface area contributed by atoms with Gasteiger partial charge in [-0.25, -0.2) is 0 Å². The topological polar surface area (TPSA) is 52.0 Å². The van der Waals surface area contributed by atoms with Gasteiger partial charge in [0.15, 0.2) is 0 Å². The Morgan fingerprint density at radius 1 is 1.41 bits per heavy atom. The van der Waals surface area contributed by atoms with E-state index < -0.39 is 0 Å². The van der Waals surface area contributed by atoms with Crippen molar-refractivity contribution in [3.63, 3.8) is 0 Å². The maximum atomic E-state index is 5.38. The molecule has 0 aromatic carbocycles. The van der Waals surface area contributed by atoms with Crippen molar-refractivity contribution in [3.05, 3.63) is 12.2 Å². The Hall–Kier alpha value is -0.940. The molecule has 17 heavy (non-hydrogen) atoms. The molecule has 1 aromatic heterocycles. The van der Waals surface area contributed by atoms with Crippen LogP contribution >= 0.6 is 0 Å². The minimum atomic E-state index is 0.256. The Morgan fingerprint density at radius 3 is 2.65 bits per heavy atom. The van der Waals surface area contributed by atoms with Crippen LogP contribution in [0.5, 0.6) is 0 Å². The van der Waals surface area contributed by atoms with Crippen molar-refractivity contribution in [2.24, 2.45) is 7.05 Å². The summed E-state index contributed by atoms with van der Waals surface area (Å²) >= 11 is 0. The molecule has 0 bridgehead atoms. The van der Waals surface area contributed by atoms with Gasteiger partial charge in [0, 0.05) is 20.2 Å². The summed E-state index contributed by atoms with van der Waals surface area (Å²) in [6, 6.07) is 0.833. The lowest BCUT2D eigenvalue weighted by molar-refractivity contribution is 0.0612. The molecule has 1 atom stereocenters. The molecule has 96 valence electrons. The van der Waals surface area contributed by atoms with E-state index in [1.54, 1.807) is 13.4 Å². The third kappa shape index (κ3) is 3.04. The molecule has 1 unspecified atom stereocenters. The zero-order valence-electron chi connectivity index (χ0n) is 10.9. The van der Waals surface area contributed by atoms with Crippen molar-refractivity contribution in [3.8, 4) is 0 Å². The van der Waals surface area contributed by atoms with E-state index in [9.17, 15) is 0 Å². The SMILES string of the molecule is COC1CCC(NC(C)c2nncn2C)CC1. The summed E-state index contributed by atoms with van der Waals surface area (Å²) in [5.74, 6) is 0.999. The Bertz CT molecular complexity index is 344. The van der Waals surface area contributed by atoms with Crippen LogP contribution in [0.4, 0.5) is 0 Å². The van der Waals surface area contributed by atoms with Gasteiger partial charge in [-0.05, 0) is 32.6 Å². The van der Waals surface area contributed by atoms with Crippen molar-refractivity contribution < 1.29 is 4.74 Å². The molecule has 5 heteroatoms. The normalized spacial score (nSPS) is 27.0. The van der Waals surface area contributed by atoms with Crippen molar-refractivity contribution in [2.45, 2.75) is 50.8 Å². The number of ether oxygens (including phenoxy) is 1. The van der Waals surface area contributed by atoms with Crippen LogP contribution in [-0.2, 0) is 11.8 Å². The second-order valence-electron chi connectivity index (χ2n) is 4.90. The number of methoxy groups -OCH3 is 1. The summed E-state index contributed by atoms with van der Waals surface area (Å²) in [6.45, 7) is 2.15. The van der Waals surface area contributed by atoms with Crippen LogP contribution in [-0.4, -0.2) is 34.0 Å². The summed E-state index contributed by atoms with van der Waals surface area (Å²) in [6.07, 6.45) is 6.87. The fraction of sp³-hybridized carbons (Fsp3) is 0.833. The van der Waals surface area contributed by atoms with E-state index in [-0.39, 0.29) is 6.04 Å². The molecule has 1 N–H and O–H groups in total. The number of aromatic nitrogens is 3. The van der Waals surface area contributed by atoms with Gasteiger partial charge in [-0.15, -0.1) is 10.2 Å². The first-order valence-electron chi connectivity index (χ1n) is 6.33. The van der Waals surface area contributed by atoms with E-state index in [2.05, 4.69) is 22.4 Å². The van der Waals surface area contributed by atoms with Crippen LogP contribution in [0.25, 0.3) is 0 Å². The Morgan fingerprint density at radius 2 is 2.12 bits per heavy atom. The molecule has 1 heterocycles. The van der Waals surface area contributed by atoms with Crippen molar-refractivity contribution in [2.75, 3.05) is 7.11 Å². The number of hydrogen-bond donors (Lipinski definition) is 1. The highest BCUT2D eigenvalue weighted by Crippen LogP contribution is 2.22. The minimum Gasteiger partial charge on any atom is -0.381 e. The summed E-state index contributed by atoms with van der Waals surface area (Å²) in [7, 11) is 3.79. The monoisotopic (exact) mass is 238 g/mol. The van der Waals surface area contributed by atoms with Gasteiger partial charge >= 0.3 is 0 Å². The summed E-state index contributed by atoms with van der Waals surface area (Å²) in [4.78, 5) is 0. The predicted molar refractivity (Wildman–Crippen MR) is 65.6 cm³/mol. The first-order valence-corrected chi connectivity index (χ1v) is 6.33. The average molecular weight is 238 g/mol. The van der Waals surface area contributed by atoms with Crippen LogP contribution in [0, 0.1) is 0 Å². The van der Waals surface area contributed by atoms with E-state index >= 15 is 0 Å². The van der Waals surface area contributed by atoms with Gasteiger partial charge in [0.2, 0.25) is 0 Å². The highest BCUT2D eigenvalue weighted by atomic mass is 16.5. The second kappa shape index (κ2) is 5.60. The van der Waals surface area contributed by atoms with Crippen LogP contribution in [0.15, 0.2) is 6.33 Å². The van der Waals surface area contributed by atoms with Crippen LogP contribution < -0.4 is 5.32 Å². The molecule has 0 saturated heterocycles. The third-order valence-electron chi connectivity index (χ3n) is 3.63. The smallest absolute Gasteiger partial charge is 0.149 e. The van der Waals surface area contributed by atoms with Crippen molar-refractivity contribution in [1.29, 1.82) is 0 Å². The molecule has 0 radical (unpaired) electrons. The maximum absolute atomic E-state index is 5.38. The number of nitrogens with zero attached hydrogens (tertiary/aromatic N) is 3. The first-order chi connectivity index (χ1) is 8.20. The van der Waals surface area contributed by atoms with E-state index in [4.69, 9.17) is 4.74 Å². The van der Waals surface area contributed by atoms with Gasteiger partial charge in [0.1, 0.15) is 12.2 Å². The predicted octanol–water partition coefficient (Wildman–Crippen LogP) is 1.42. The lowest BCUT2D eigenvalue weighted by Gasteiger charge is -2.30. The Kier molecular flexibility index (Phi) is 4.12. The lowest BCUT2D eigenvalue weighted by atomic mass is 9.92. The summed E-state index contributed by atoms with van der Waals surface area (Å²) < 4.78 is 7.35. The maximum Gasteiger partial charge on any atom is 0.149 e. The van der Waals surface area contributed by atoms with Crippen LogP contribution in [0.2, 0.25) is 0 Å². The quantitative estimate of drug-likeness (QED) is 0.862. The molecule has 5 nitrogen and oxygen atoms in total. The first kappa shape index (κ1) is 12.5. The number of hydrogen-bond acceptors (Lipinski definition) is 4. The van der Waals surface area contributed by atoms with E-state index in [0.717, 1.165) is 18.7 Å². The zero-order chi connectivity index (χ0) is 12.3. The molecule has 1 aliphatic carbocycles. The van der Waals surface area contributed by atoms with Crippen LogP contribution in [0.3, 0.4) is 0 Å². The minimum absolute atomic E-state index is 0.256. The fourth-order valence-corrected chi connectivity index (χ4v) is 2.58. The number of nitrogens with one attached hydrogen (secondary N) is 1. The largest absolute Gasteiger partial charge is 0.381 e. The Balaban J connectivity index is 1.84. The summed E-state index contributed by atoms with van der Waals surface area (Å²) in [5.41, 5.74) is 0. The Labute approximate surface area is 103 Å². The third-order valence-corrected chi connectivity index (χ3v) is 3.63. The molecular weight excluding hydrogens is 216 g/mol. The van der Waals surface area contributed by atoms with E-state index in [1.807, 2.05) is 11.6 Å². The van der Waals surface area contributed by atoms with Crippen molar-refractivity contribution >= 4 is 0 Å². The molecule has 1 saturated carbocycles. The van der Waals surface area contributed by atoms with Gasteiger partial charge in [-0.1, -0.05) is 0 Å². The van der Waals surface area contributed by atoms with Crippen molar-refractivity contribution in [1.82, 2.24) is 20.1 Å². The van der Waals surface area contributed by atoms with Gasteiger partial charge in [-0.2, -0.15) is 0 Å². The molecule has 0 aliphatic heterocycles. The number of aryl methyl sites for hydroxylation is 1. The molecule has 0 amide bonds. The summed E-state index contributed by atoms with van der Waals surface area (Å²) in [5, 5.41) is 11.7. The molecular formula is C12H22N4O. The molecule has 2 rings (SSSR count). The lowest BCUT2D eigenvalue weighted by Crippen LogP contribution is -2.37. The fourth-order valence-electron chi connectivity index (χ4n) is 2.58. The molecule has 1 fully saturated rings.